The number of nitrogen functional groups attached to an aromatic ring is 1. The van der Waals surface area contributed by atoms with E-state index < -0.39 is 0 Å². The van der Waals surface area contributed by atoms with Gasteiger partial charge in [-0.25, -0.2) is 4.98 Å². The molecule has 0 unspecified atom stereocenters. The molecule has 17 heavy (non-hydrogen) atoms. The van der Waals surface area contributed by atoms with Crippen LogP contribution in [-0.4, -0.2) is 14.5 Å². The van der Waals surface area contributed by atoms with Crippen molar-refractivity contribution in [3.05, 3.63) is 41.5 Å². The van der Waals surface area contributed by atoms with Crippen molar-refractivity contribution < 1.29 is 5.11 Å². The van der Waals surface area contributed by atoms with Crippen LogP contribution >= 0.6 is 11.3 Å². The van der Waals surface area contributed by atoms with Crippen LogP contribution in [0.15, 0.2) is 35.8 Å². The summed E-state index contributed by atoms with van der Waals surface area (Å²) < 4.78 is 1.90. The maximum Gasteiger partial charge on any atom is 0.194 e. The summed E-state index contributed by atoms with van der Waals surface area (Å²) in [6.45, 7) is 0.0140. The lowest BCUT2D eigenvalue weighted by Gasteiger charge is -2.00. The number of nitrogens with zero attached hydrogens (tertiary/aromatic N) is 2. The van der Waals surface area contributed by atoms with E-state index in [1.165, 1.54) is 11.3 Å². The SMILES string of the molecule is Nc1ccccc1-c1cn2c(CO)csc2n1. The normalized spacial score (nSPS) is 11.1. The maximum atomic E-state index is 9.19. The highest BCUT2D eigenvalue weighted by atomic mass is 32.1. The number of aliphatic hydroxyl groups excluding tert-OH is 1. The van der Waals surface area contributed by atoms with Gasteiger partial charge in [-0.3, -0.25) is 4.40 Å². The van der Waals surface area contributed by atoms with Crippen LogP contribution in [0.1, 0.15) is 5.69 Å². The lowest BCUT2D eigenvalue weighted by atomic mass is 10.1. The van der Waals surface area contributed by atoms with Gasteiger partial charge >= 0.3 is 0 Å². The van der Waals surface area contributed by atoms with Gasteiger partial charge in [0.1, 0.15) is 0 Å². The van der Waals surface area contributed by atoms with E-state index >= 15 is 0 Å². The van der Waals surface area contributed by atoms with E-state index in [-0.39, 0.29) is 6.61 Å². The number of fused-ring (bicyclic) bond motifs is 1. The Bertz CT molecular complexity index is 671. The number of nitrogens with two attached hydrogens (primary N) is 1. The summed E-state index contributed by atoms with van der Waals surface area (Å²) in [5, 5.41) is 11.1. The third kappa shape index (κ3) is 1.60. The van der Waals surface area contributed by atoms with E-state index in [0.717, 1.165) is 21.9 Å². The number of hydrogen-bond acceptors (Lipinski definition) is 4. The fourth-order valence-corrected chi connectivity index (χ4v) is 2.67. The summed E-state index contributed by atoms with van der Waals surface area (Å²) in [6.07, 6.45) is 1.91. The van der Waals surface area contributed by atoms with Crippen LogP contribution in [0.3, 0.4) is 0 Å². The van der Waals surface area contributed by atoms with Crippen molar-refractivity contribution in [2.45, 2.75) is 6.61 Å². The summed E-state index contributed by atoms with van der Waals surface area (Å²) in [5.74, 6) is 0. The molecule has 0 saturated carbocycles. The first-order chi connectivity index (χ1) is 8.29. The highest BCUT2D eigenvalue weighted by molar-refractivity contribution is 7.15. The van der Waals surface area contributed by atoms with Gasteiger partial charge in [-0.15, -0.1) is 11.3 Å². The van der Waals surface area contributed by atoms with Crippen LogP contribution in [0.5, 0.6) is 0 Å². The Morgan fingerprint density at radius 1 is 1.35 bits per heavy atom. The molecule has 0 saturated heterocycles. The lowest BCUT2D eigenvalue weighted by Crippen LogP contribution is -1.89. The lowest BCUT2D eigenvalue weighted by molar-refractivity contribution is 0.276. The van der Waals surface area contributed by atoms with E-state index in [4.69, 9.17) is 5.73 Å². The van der Waals surface area contributed by atoms with Crippen LogP contribution < -0.4 is 5.73 Å². The van der Waals surface area contributed by atoms with Crippen molar-refractivity contribution in [1.82, 2.24) is 9.38 Å². The van der Waals surface area contributed by atoms with Gasteiger partial charge in [-0.1, -0.05) is 18.2 Å². The molecule has 0 fully saturated rings. The summed E-state index contributed by atoms with van der Waals surface area (Å²) in [6, 6.07) is 7.64. The first kappa shape index (κ1) is 10.3. The van der Waals surface area contributed by atoms with Crippen molar-refractivity contribution in [1.29, 1.82) is 0 Å². The molecule has 86 valence electrons. The average molecular weight is 245 g/mol. The van der Waals surface area contributed by atoms with Crippen LogP contribution in [-0.2, 0) is 6.61 Å². The molecule has 0 bridgehead atoms. The molecule has 0 aliphatic heterocycles. The Hall–Kier alpha value is -1.85. The summed E-state index contributed by atoms with van der Waals surface area (Å²) in [5.41, 5.74) is 9.24. The zero-order valence-electron chi connectivity index (χ0n) is 9.00. The first-order valence-corrected chi connectivity index (χ1v) is 6.09. The minimum atomic E-state index is 0.0140. The molecular weight excluding hydrogens is 234 g/mol. The second-order valence-corrected chi connectivity index (χ2v) is 4.59. The predicted molar refractivity (Wildman–Crippen MR) is 68.8 cm³/mol. The molecule has 4 nitrogen and oxygen atoms in total. The van der Waals surface area contributed by atoms with E-state index in [1.807, 2.05) is 40.2 Å². The number of rotatable bonds is 2. The number of hydrogen-bond donors (Lipinski definition) is 2. The molecule has 3 aromatic rings. The minimum absolute atomic E-state index is 0.0140. The molecule has 3 rings (SSSR count). The number of benzene rings is 1. The molecule has 0 aliphatic rings. The first-order valence-electron chi connectivity index (χ1n) is 5.21. The summed E-state index contributed by atoms with van der Waals surface area (Å²) in [4.78, 5) is 5.37. The van der Waals surface area contributed by atoms with E-state index in [1.54, 1.807) is 0 Å². The molecule has 1 aromatic carbocycles. The number of imidazole rings is 1. The largest absolute Gasteiger partial charge is 0.398 e. The molecule has 2 heterocycles. The minimum Gasteiger partial charge on any atom is -0.398 e. The van der Waals surface area contributed by atoms with Crippen molar-refractivity contribution in [2.24, 2.45) is 0 Å². The second kappa shape index (κ2) is 3.87. The molecule has 2 aromatic heterocycles. The van der Waals surface area contributed by atoms with Gasteiger partial charge in [0, 0.05) is 22.8 Å². The second-order valence-electron chi connectivity index (χ2n) is 3.75. The van der Waals surface area contributed by atoms with E-state index in [2.05, 4.69) is 4.98 Å². The van der Waals surface area contributed by atoms with Gasteiger partial charge in [0.15, 0.2) is 4.96 Å². The number of aliphatic hydroxyl groups is 1. The van der Waals surface area contributed by atoms with Crippen molar-refractivity contribution in [3.63, 3.8) is 0 Å². The van der Waals surface area contributed by atoms with Gasteiger partial charge < -0.3 is 10.8 Å². The zero-order valence-corrected chi connectivity index (χ0v) is 9.81. The smallest absolute Gasteiger partial charge is 0.194 e. The molecule has 3 N–H and O–H groups in total. The molecular formula is C12H11N3OS. The Labute approximate surface area is 102 Å². The van der Waals surface area contributed by atoms with Crippen LogP contribution in [0.25, 0.3) is 16.2 Å². The Morgan fingerprint density at radius 2 is 2.18 bits per heavy atom. The predicted octanol–water partition coefficient (Wildman–Crippen LogP) is 2.14. The molecule has 0 amide bonds. The average Bonchev–Trinajstić information content (AvgIpc) is 2.88. The summed E-state index contributed by atoms with van der Waals surface area (Å²) in [7, 11) is 0. The van der Waals surface area contributed by atoms with Gasteiger partial charge in [0.2, 0.25) is 0 Å². The highest BCUT2D eigenvalue weighted by Crippen LogP contribution is 2.27. The fraction of sp³-hybridized carbons (Fsp3) is 0.0833. The van der Waals surface area contributed by atoms with Crippen molar-refractivity contribution in [2.75, 3.05) is 5.73 Å². The molecule has 0 spiro atoms. The van der Waals surface area contributed by atoms with Crippen LogP contribution in [0.4, 0.5) is 5.69 Å². The number of aromatic nitrogens is 2. The van der Waals surface area contributed by atoms with Crippen LogP contribution in [0, 0.1) is 0 Å². The number of thiazole rings is 1. The Kier molecular flexibility index (Phi) is 2.35. The zero-order chi connectivity index (χ0) is 11.8. The standard InChI is InChI=1S/C12H11N3OS/c13-10-4-2-1-3-9(10)11-5-15-8(6-16)7-17-12(15)14-11/h1-5,7,16H,6,13H2. The number of para-hydroxylation sites is 1. The van der Waals surface area contributed by atoms with Gasteiger partial charge in [-0.2, -0.15) is 0 Å². The van der Waals surface area contributed by atoms with Crippen LogP contribution in [0.2, 0.25) is 0 Å². The van der Waals surface area contributed by atoms with Crippen molar-refractivity contribution >= 4 is 22.0 Å². The molecule has 0 aliphatic carbocycles. The quantitative estimate of drug-likeness (QED) is 0.680. The third-order valence-corrected chi connectivity index (χ3v) is 3.57. The van der Waals surface area contributed by atoms with E-state index in [0.29, 0.717) is 5.69 Å². The summed E-state index contributed by atoms with van der Waals surface area (Å²) >= 11 is 1.51. The molecule has 0 radical (unpaired) electrons. The van der Waals surface area contributed by atoms with E-state index in [9.17, 15) is 5.11 Å². The molecule has 0 atom stereocenters. The van der Waals surface area contributed by atoms with Gasteiger partial charge in [-0.05, 0) is 6.07 Å². The third-order valence-electron chi connectivity index (χ3n) is 2.68. The monoisotopic (exact) mass is 245 g/mol. The van der Waals surface area contributed by atoms with Gasteiger partial charge in [0.25, 0.3) is 0 Å². The number of anilines is 1. The van der Waals surface area contributed by atoms with Crippen molar-refractivity contribution in [3.8, 4) is 11.3 Å². The Morgan fingerprint density at radius 3 is 2.94 bits per heavy atom. The Balaban J connectivity index is 2.19. The fourth-order valence-electron chi connectivity index (χ4n) is 1.80. The molecule has 5 heteroatoms. The topological polar surface area (TPSA) is 63.5 Å². The van der Waals surface area contributed by atoms with Gasteiger partial charge in [0.05, 0.1) is 18.0 Å². The maximum absolute atomic E-state index is 9.19. The highest BCUT2D eigenvalue weighted by Gasteiger charge is 2.10.